The molecular weight excluding hydrogens is 286 g/mol. The molecule has 1 N–H and O–H groups in total. The highest BCUT2D eigenvalue weighted by Gasteiger charge is 2.15. The van der Waals surface area contributed by atoms with Gasteiger partial charge >= 0.3 is 0 Å². The summed E-state index contributed by atoms with van der Waals surface area (Å²) in [5.74, 6) is -0.337. The van der Waals surface area contributed by atoms with E-state index < -0.39 is 0 Å². The molecule has 1 atom stereocenters. The number of carbonyl (C=O) groups is 1. The zero-order valence-corrected chi connectivity index (χ0v) is 13.3. The Kier molecular flexibility index (Phi) is 5.50. The zero-order chi connectivity index (χ0) is 15.2. The van der Waals surface area contributed by atoms with Crippen molar-refractivity contribution in [1.29, 1.82) is 0 Å². The summed E-state index contributed by atoms with van der Waals surface area (Å²) in [6, 6.07) is 0.0666. The molecule has 6 heteroatoms. The van der Waals surface area contributed by atoms with E-state index in [-0.39, 0.29) is 23.1 Å². The van der Waals surface area contributed by atoms with E-state index in [2.05, 4.69) is 17.2 Å². The van der Waals surface area contributed by atoms with E-state index in [1.165, 1.54) is 41.2 Å². The molecule has 2 aromatic rings. The van der Waals surface area contributed by atoms with E-state index in [0.29, 0.717) is 4.96 Å². The van der Waals surface area contributed by atoms with Crippen LogP contribution in [0.2, 0.25) is 0 Å². The Labute approximate surface area is 128 Å². The first-order chi connectivity index (χ1) is 10.1. The minimum Gasteiger partial charge on any atom is -0.349 e. The third-order valence-electron chi connectivity index (χ3n) is 3.46. The van der Waals surface area contributed by atoms with Crippen LogP contribution in [0, 0.1) is 0 Å². The highest BCUT2D eigenvalue weighted by atomic mass is 32.1. The molecule has 2 rings (SSSR count). The number of thiazole rings is 1. The molecule has 0 aliphatic rings. The fourth-order valence-corrected chi connectivity index (χ4v) is 2.91. The summed E-state index contributed by atoms with van der Waals surface area (Å²) in [5, 5.41) is 4.66. The zero-order valence-electron chi connectivity index (χ0n) is 12.5. The molecule has 5 nitrogen and oxygen atoms in total. The Bertz CT molecular complexity index is 662. The van der Waals surface area contributed by atoms with Gasteiger partial charge in [-0.25, -0.2) is 4.98 Å². The minimum atomic E-state index is -0.337. The van der Waals surface area contributed by atoms with Crippen molar-refractivity contribution in [3.63, 3.8) is 0 Å². The van der Waals surface area contributed by atoms with Gasteiger partial charge < -0.3 is 5.32 Å². The Hall–Kier alpha value is -1.69. The van der Waals surface area contributed by atoms with Crippen molar-refractivity contribution >= 4 is 22.2 Å². The summed E-state index contributed by atoms with van der Waals surface area (Å²) in [6.45, 7) is 4.14. The number of amides is 1. The van der Waals surface area contributed by atoms with Crippen LogP contribution in [0.15, 0.2) is 22.6 Å². The van der Waals surface area contributed by atoms with Crippen molar-refractivity contribution in [2.75, 3.05) is 0 Å². The van der Waals surface area contributed by atoms with Gasteiger partial charge in [0.1, 0.15) is 5.56 Å². The van der Waals surface area contributed by atoms with Gasteiger partial charge in [0, 0.05) is 23.8 Å². The predicted octanol–water partition coefficient (Wildman–Crippen LogP) is 2.84. The van der Waals surface area contributed by atoms with E-state index in [9.17, 15) is 9.59 Å². The molecule has 1 unspecified atom stereocenters. The minimum absolute atomic E-state index is 0.0666. The molecule has 2 aromatic heterocycles. The number of carbonyl (C=O) groups excluding carboxylic acids is 1. The largest absolute Gasteiger partial charge is 0.349 e. The third-order valence-corrected chi connectivity index (χ3v) is 4.23. The number of rotatable bonds is 7. The number of unbranched alkanes of at least 4 members (excludes halogenated alkanes) is 3. The van der Waals surface area contributed by atoms with Crippen LogP contribution >= 0.6 is 11.3 Å². The highest BCUT2D eigenvalue weighted by molar-refractivity contribution is 7.15. The highest BCUT2D eigenvalue weighted by Crippen LogP contribution is 2.07. The molecule has 0 aliphatic heterocycles. The molecule has 1 amide bonds. The Morgan fingerprint density at radius 2 is 2.24 bits per heavy atom. The number of hydrogen-bond donors (Lipinski definition) is 1. The number of hydrogen-bond acceptors (Lipinski definition) is 4. The molecule has 0 fully saturated rings. The van der Waals surface area contributed by atoms with Crippen LogP contribution in [0.25, 0.3) is 4.96 Å². The average molecular weight is 307 g/mol. The van der Waals surface area contributed by atoms with E-state index >= 15 is 0 Å². The molecule has 114 valence electrons. The van der Waals surface area contributed by atoms with Crippen LogP contribution in [0.3, 0.4) is 0 Å². The second kappa shape index (κ2) is 7.36. The average Bonchev–Trinajstić information content (AvgIpc) is 2.93. The lowest BCUT2D eigenvalue weighted by atomic mass is 10.1. The first-order valence-electron chi connectivity index (χ1n) is 7.39. The van der Waals surface area contributed by atoms with E-state index in [1.54, 1.807) is 11.6 Å². The quantitative estimate of drug-likeness (QED) is 0.800. The van der Waals surface area contributed by atoms with E-state index in [0.717, 1.165) is 12.8 Å². The van der Waals surface area contributed by atoms with Crippen molar-refractivity contribution < 1.29 is 4.79 Å². The normalized spacial score (nSPS) is 12.5. The van der Waals surface area contributed by atoms with Gasteiger partial charge in [0.15, 0.2) is 4.96 Å². The lowest BCUT2D eigenvalue weighted by molar-refractivity contribution is 0.0936. The summed E-state index contributed by atoms with van der Waals surface area (Å²) in [6.07, 6.45) is 8.64. The van der Waals surface area contributed by atoms with Gasteiger partial charge in [-0.15, -0.1) is 11.3 Å². The summed E-state index contributed by atoms with van der Waals surface area (Å²) < 4.78 is 1.41. The topological polar surface area (TPSA) is 63.5 Å². The second-order valence-electron chi connectivity index (χ2n) is 5.26. The van der Waals surface area contributed by atoms with E-state index in [4.69, 9.17) is 0 Å². The fourth-order valence-electron chi connectivity index (χ4n) is 2.23. The van der Waals surface area contributed by atoms with Gasteiger partial charge in [0.05, 0.1) is 0 Å². The van der Waals surface area contributed by atoms with Gasteiger partial charge in [0.2, 0.25) is 0 Å². The summed E-state index contributed by atoms with van der Waals surface area (Å²) in [4.78, 5) is 29.1. The monoisotopic (exact) mass is 307 g/mol. The lowest BCUT2D eigenvalue weighted by Gasteiger charge is -2.13. The molecule has 2 heterocycles. The Morgan fingerprint density at radius 3 is 3.00 bits per heavy atom. The van der Waals surface area contributed by atoms with Crippen molar-refractivity contribution in [3.05, 3.63) is 33.7 Å². The van der Waals surface area contributed by atoms with Gasteiger partial charge in [-0.05, 0) is 13.3 Å². The van der Waals surface area contributed by atoms with Gasteiger partial charge in [-0.3, -0.25) is 14.0 Å². The van der Waals surface area contributed by atoms with Crippen LogP contribution in [-0.2, 0) is 0 Å². The molecule has 0 saturated carbocycles. The molecule has 0 aromatic carbocycles. The molecule has 0 aliphatic carbocycles. The van der Waals surface area contributed by atoms with Crippen molar-refractivity contribution in [2.24, 2.45) is 0 Å². The predicted molar refractivity (Wildman–Crippen MR) is 85.0 cm³/mol. The Morgan fingerprint density at radius 1 is 1.43 bits per heavy atom. The van der Waals surface area contributed by atoms with Crippen LogP contribution in [-0.4, -0.2) is 21.3 Å². The molecule has 0 saturated heterocycles. The summed E-state index contributed by atoms with van der Waals surface area (Å²) in [5.41, 5.74) is -0.205. The number of nitrogens with one attached hydrogen (secondary N) is 1. The third kappa shape index (κ3) is 3.91. The van der Waals surface area contributed by atoms with Crippen molar-refractivity contribution in [1.82, 2.24) is 14.7 Å². The molecular formula is C15H21N3O2S. The summed E-state index contributed by atoms with van der Waals surface area (Å²) >= 11 is 1.37. The number of fused-ring (bicyclic) bond motifs is 1. The maximum atomic E-state index is 12.2. The maximum absolute atomic E-state index is 12.2. The molecule has 21 heavy (non-hydrogen) atoms. The van der Waals surface area contributed by atoms with Crippen LogP contribution < -0.4 is 10.9 Å². The second-order valence-corrected chi connectivity index (χ2v) is 6.13. The van der Waals surface area contributed by atoms with Crippen molar-refractivity contribution in [2.45, 2.75) is 52.0 Å². The van der Waals surface area contributed by atoms with E-state index in [1.807, 2.05) is 6.92 Å². The lowest BCUT2D eigenvalue weighted by Crippen LogP contribution is -2.36. The fraction of sp³-hybridized carbons (Fsp3) is 0.533. The number of aromatic nitrogens is 2. The van der Waals surface area contributed by atoms with Crippen molar-refractivity contribution in [3.8, 4) is 0 Å². The molecule has 0 bridgehead atoms. The first kappa shape index (κ1) is 15.7. The Balaban J connectivity index is 1.98. The SMILES string of the molecule is CCCCCCC(C)NC(=O)c1cnc2sccn2c1=O. The smallest absolute Gasteiger partial charge is 0.271 e. The molecule has 0 spiro atoms. The van der Waals surface area contributed by atoms with Crippen LogP contribution in [0.1, 0.15) is 56.3 Å². The van der Waals surface area contributed by atoms with Gasteiger partial charge in [-0.1, -0.05) is 32.6 Å². The van der Waals surface area contributed by atoms with Gasteiger partial charge in [-0.2, -0.15) is 0 Å². The van der Waals surface area contributed by atoms with Crippen LogP contribution in [0.5, 0.6) is 0 Å². The first-order valence-corrected chi connectivity index (χ1v) is 8.27. The molecule has 0 radical (unpaired) electrons. The van der Waals surface area contributed by atoms with Gasteiger partial charge in [0.25, 0.3) is 11.5 Å². The maximum Gasteiger partial charge on any atom is 0.271 e. The standard InChI is InChI=1S/C15H21N3O2S/c1-3-4-5-6-7-11(2)17-13(19)12-10-16-15-18(14(12)20)8-9-21-15/h8-11H,3-7H2,1-2H3,(H,17,19). The summed E-state index contributed by atoms with van der Waals surface area (Å²) in [7, 11) is 0. The van der Waals surface area contributed by atoms with Crippen LogP contribution in [0.4, 0.5) is 0 Å². The number of nitrogens with zero attached hydrogens (tertiary/aromatic N) is 2.